The van der Waals surface area contributed by atoms with Crippen molar-refractivity contribution in [1.82, 2.24) is 5.32 Å². The summed E-state index contributed by atoms with van der Waals surface area (Å²) in [7, 11) is 0. The monoisotopic (exact) mass is 330 g/mol. The van der Waals surface area contributed by atoms with E-state index in [2.05, 4.69) is 10.6 Å². The van der Waals surface area contributed by atoms with E-state index in [1.165, 1.54) is 12.1 Å². The first-order valence-electron chi connectivity index (χ1n) is 8.14. The molecule has 0 bridgehead atoms. The van der Waals surface area contributed by atoms with Gasteiger partial charge in [-0.15, -0.1) is 0 Å². The lowest BCUT2D eigenvalue weighted by Crippen LogP contribution is -2.18. The van der Waals surface area contributed by atoms with E-state index in [4.69, 9.17) is 0 Å². The predicted molar refractivity (Wildman–Crippen MR) is 89.7 cm³/mol. The molecule has 0 spiro atoms. The number of carbonyl (C=O) groups is 1. The molecule has 0 heterocycles. The van der Waals surface area contributed by atoms with E-state index in [1.807, 2.05) is 31.2 Å². The van der Waals surface area contributed by atoms with Crippen LogP contribution < -0.4 is 10.6 Å². The van der Waals surface area contributed by atoms with Crippen LogP contribution in [0.25, 0.3) is 0 Å². The molecule has 2 aromatic carbocycles. The zero-order valence-electron chi connectivity index (χ0n) is 13.5. The average molecular weight is 330 g/mol. The smallest absolute Gasteiger partial charge is 0.228 e. The van der Waals surface area contributed by atoms with Crippen molar-refractivity contribution < 1.29 is 13.6 Å². The van der Waals surface area contributed by atoms with Gasteiger partial charge in [-0.25, -0.2) is 8.78 Å². The molecule has 1 amide bonds. The van der Waals surface area contributed by atoms with E-state index in [1.54, 1.807) is 0 Å². The van der Waals surface area contributed by atoms with E-state index in [9.17, 15) is 13.6 Å². The molecule has 2 unspecified atom stereocenters. The summed E-state index contributed by atoms with van der Waals surface area (Å²) >= 11 is 0. The second-order valence-electron chi connectivity index (χ2n) is 6.04. The van der Waals surface area contributed by atoms with Gasteiger partial charge < -0.3 is 10.6 Å². The fourth-order valence-electron chi connectivity index (χ4n) is 2.91. The molecule has 0 radical (unpaired) electrons. The van der Waals surface area contributed by atoms with Crippen LogP contribution in [0.15, 0.2) is 42.5 Å². The van der Waals surface area contributed by atoms with Crippen molar-refractivity contribution >= 4 is 11.6 Å². The molecule has 0 saturated heterocycles. The summed E-state index contributed by atoms with van der Waals surface area (Å²) in [6.45, 7) is 3.54. The highest BCUT2D eigenvalue weighted by atomic mass is 19.1. The molecule has 126 valence electrons. The fraction of sp³-hybridized carbons (Fsp3) is 0.316. The molecule has 1 aliphatic rings. The molecule has 5 heteroatoms. The highest BCUT2D eigenvalue weighted by Crippen LogP contribution is 2.48. The van der Waals surface area contributed by atoms with Crippen molar-refractivity contribution in [2.45, 2.75) is 25.8 Å². The number of nitrogens with one attached hydrogen (secondary N) is 2. The number of benzene rings is 2. The van der Waals surface area contributed by atoms with E-state index in [0.29, 0.717) is 18.5 Å². The molecule has 3 rings (SSSR count). The van der Waals surface area contributed by atoms with Crippen LogP contribution in [0.3, 0.4) is 0 Å². The van der Waals surface area contributed by atoms with Crippen LogP contribution in [0.1, 0.15) is 30.4 Å². The van der Waals surface area contributed by atoms with Gasteiger partial charge >= 0.3 is 0 Å². The van der Waals surface area contributed by atoms with Crippen LogP contribution in [0.5, 0.6) is 0 Å². The maximum atomic E-state index is 13.8. The van der Waals surface area contributed by atoms with Crippen molar-refractivity contribution in [2.24, 2.45) is 5.92 Å². The van der Waals surface area contributed by atoms with Gasteiger partial charge in [-0.1, -0.05) is 31.2 Å². The molecule has 24 heavy (non-hydrogen) atoms. The zero-order chi connectivity index (χ0) is 17.1. The summed E-state index contributed by atoms with van der Waals surface area (Å²) in [5, 5.41) is 6.17. The fourth-order valence-corrected chi connectivity index (χ4v) is 2.91. The van der Waals surface area contributed by atoms with Gasteiger partial charge in [0, 0.05) is 24.2 Å². The van der Waals surface area contributed by atoms with Gasteiger partial charge in [0.15, 0.2) is 0 Å². The van der Waals surface area contributed by atoms with Gasteiger partial charge in [0.2, 0.25) is 5.91 Å². The van der Waals surface area contributed by atoms with Gasteiger partial charge in [-0.05, 0) is 42.1 Å². The van der Waals surface area contributed by atoms with Gasteiger partial charge in [0.25, 0.3) is 0 Å². The minimum absolute atomic E-state index is 0.118. The standard InChI is InChI=1S/C19H20F2N2O/c1-2-22-11-12-5-3-4-6-18(12)23-19(24)16-10-15(16)14-8-7-13(20)9-17(14)21/h3-9,15-16,22H,2,10-11H2,1H3,(H,23,24). The van der Waals surface area contributed by atoms with Gasteiger partial charge in [0.05, 0.1) is 0 Å². The summed E-state index contributed by atoms with van der Waals surface area (Å²) < 4.78 is 26.8. The minimum atomic E-state index is -0.602. The quantitative estimate of drug-likeness (QED) is 0.845. The first-order valence-corrected chi connectivity index (χ1v) is 8.14. The summed E-state index contributed by atoms with van der Waals surface area (Å²) in [5.74, 6) is -1.74. The first kappa shape index (κ1) is 16.6. The number of halogens is 2. The van der Waals surface area contributed by atoms with E-state index in [0.717, 1.165) is 23.9 Å². The normalized spacial score (nSPS) is 19.1. The van der Waals surface area contributed by atoms with Crippen molar-refractivity contribution in [3.63, 3.8) is 0 Å². The van der Waals surface area contributed by atoms with Crippen LogP contribution in [-0.2, 0) is 11.3 Å². The number of carbonyl (C=O) groups excluding carboxylic acids is 1. The maximum Gasteiger partial charge on any atom is 0.228 e. The Morgan fingerprint density at radius 3 is 2.75 bits per heavy atom. The van der Waals surface area contributed by atoms with E-state index in [-0.39, 0.29) is 17.7 Å². The van der Waals surface area contributed by atoms with Crippen molar-refractivity contribution in [1.29, 1.82) is 0 Å². The number of rotatable bonds is 6. The molecule has 0 aromatic heterocycles. The predicted octanol–water partition coefficient (Wildman–Crippen LogP) is 3.82. The Hall–Kier alpha value is -2.27. The highest BCUT2D eigenvalue weighted by molar-refractivity contribution is 5.95. The molecule has 1 aliphatic carbocycles. The third-order valence-electron chi connectivity index (χ3n) is 4.33. The Morgan fingerprint density at radius 2 is 2.00 bits per heavy atom. The Kier molecular flexibility index (Phi) is 4.90. The van der Waals surface area contributed by atoms with Crippen molar-refractivity contribution in [2.75, 3.05) is 11.9 Å². The number of hydrogen-bond donors (Lipinski definition) is 2. The summed E-state index contributed by atoms with van der Waals surface area (Å²) in [4.78, 5) is 12.4. The summed E-state index contributed by atoms with van der Waals surface area (Å²) in [6, 6.07) is 11.2. The number of para-hydroxylation sites is 1. The molecular formula is C19H20F2N2O. The Balaban J connectivity index is 1.67. The summed E-state index contributed by atoms with van der Waals surface area (Å²) in [5.41, 5.74) is 2.20. The third kappa shape index (κ3) is 3.62. The topological polar surface area (TPSA) is 41.1 Å². The number of hydrogen-bond acceptors (Lipinski definition) is 2. The van der Waals surface area contributed by atoms with Crippen LogP contribution in [-0.4, -0.2) is 12.5 Å². The molecule has 3 nitrogen and oxygen atoms in total. The van der Waals surface area contributed by atoms with E-state index >= 15 is 0 Å². The molecule has 2 N–H and O–H groups in total. The van der Waals surface area contributed by atoms with Crippen LogP contribution in [0.4, 0.5) is 14.5 Å². The van der Waals surface area contributed by atoms with Crippen LogP contribution in [0, 0.1) is 17.6 Å². The lowest BCUT2D eigenvalue weighted by Gasteiger charge is -2.11. The molecular weight excluding hydrogens is 310 g/mol. The number of anilines is 1. The Bertz CT molecular complexity index is 748. The average Bonchev–Trinajstić information content (AvgIpc) is 3.34. The van der Waals surface area contributed by atoms with Gasteiger partial charge in [0.1, 0.15) is 11.6 Å². The Morgan fingerprint density at radius 1 is 1.21 bits per heavy atom. The molecule has 1 saturated carbocycles. The van der Waals surface area contributed by atoms with Crippen molar-refractivity contribution in [3.05, 3.63) is 65.2 Å². The Labute approximate surface area is 140 Å². The van der Waals surface area contributed by atoms with Crippen LogP contribution >= 0.6 is 0 Å². The van der Waals surface area contributed by atoms with Gasteiger partial charge in [-0.2, -0.15) is 0 Å². The van der Waals surface area contributed by atoms with E-state index < -0.39 is 11.6 Å². The third-order valence-corrected chi connectivity index (χ3v) is 4.33. The second-order valence-corrected chi connectivity index (χ2v) is 6.04. The van der Waals surface area contributed by atoms with Crippen LogP contribution in [0.2, 0.25) is 0 Å². The minimum Gasteiger partial charge on any atom is -0.326 e. The highest BCUT2D eigenvalue weighted by Gasteiger charge is 2.45. The van der Waals surface area contributed by atoms with Gasteiger partial charge in [-0.3, -0.25) is 4.79 Å². The zero-order valence-corrected chi connectivity index (χ0v) is 13.5. The lowest BCUT2D eigenvalue weighted by molar-refractivity contribution is -0.117. The second kappa shape index (κ2) is 7.09. The number of amides is 1. The largest absolute Gasteiger partial charge is 0.326 e. The molecule has 0 aliphatic heterocycles. The SMILES string of the molecule is CCNCc1ccccc1NC(=O)C1CC1c1ccc(F)cc1F. The lowest BCUT2D eigenvalue weighted by atomic mass is 10.1. The molecule has 1 fully saturated rings. The first-order chi connectivity index (χ1) is 11.6. The summed E-state index contributed by atoms with van der Waals surface area (Å²) in [6.07, 6.45) is 0.587. The molecule has 2 aromatic rings. The maximum absolute atomic E-state index is 13.8. The van der Waals surface area contributed by atoms with Crippen molar-refractivity contribution in [3.8, 4) is 0 Å². The molecule has 2 atom stereocenters.